The molecule has 2 aromatic carbocycles. The van der Waals surface area contributed by atoms with Crippen molar-refractivity contribution in [2.24, 2.45) is 0 Å². The van der Waals surface area contributed by atoms with E-state index < -0.39 is 0 Å². The summed E-state index contributed by atoms with van der Waals surface area (Å²) in [5.74, 6) is -0.105. The van der Waals surface area contributed by atoms with Crippen LogP contribution in [0.15, 0.2) is 61.2 Å². The highest BCUT2D eigenvalue weighted by Gasteiger charge is 2.24. The van der Waals surface area contributed by atoms with Crippen LogP contribution in [0.25, 0.3) is 11.1 Å². The summed E-state index contributed by atoms with van der Waals surface area (Å²) in [6.07, 6.45) is 8.40. The Kier molecular flexibility index (Phi) is 5.93. The van der Waals surface area contributed by atoms with Gasteiger partial charge in [-0.1, -0.05) is 18.2 Å². The van der Waals surface area contributed by atoms with Crippen molar-refractivity contribution in [3.05, 3.63) is 77.9 Å². The number of aromatic nitrogens is 2. The molecule has 4 rings (SSSR count). The Balaban J connectivity index is 1.37. The van der Waals surface area contributed by atoms with Crippen LogP contribution in [0.4, 0.5) is 0 Å². The van der Waals surface area contributed by atoms with E-state index in [-0.39, 0.29) is 11.8 Å². The van der Waals surface area contributed by atoms with Gasteiger partial charge in [0, 0.05) is 42.7 Å². The molecule has 2 N–H and O–H groups in total. The number of amides is 2. The molecule has 0 bridgehead atoms. The van der Waals surface area contributed by atoms with Crippen LogP contribution < -0.4 is 10.6 Å². The van der Waals surface area contributed by atoms with E-state index >= 15 is 0 Å². The zero-order valence-corrected chi connectivity index (χ0v) is 17.1. The summed E-state index contributed by atoms with van der Waals surface area (Å²) in [6.45, 7) is 3.46. The number of imidazole rings is 1. The highest BCUT2D eigenvalue weighted by molar-refractivity contribution is 5.97. The maximum Gasteiger partial charge on any atom is 0.251 e. The summed E-state index contributed by atoms with van der Waals surface area (Å²) in [6, 6.07) is 13.6. The lowest BCUT2D eigenvalue weighted by atomic mass is 9.97. The topological polar surface area (TPSA) is 76.0 Å². The quantitative estimate of drug-likeness (QED) is 0.566. The highest BCUT2D eigenvalue weighted by atomic mass is 16.2. The van der Waals surface area contributed by atoms with Crippen molar-refractivity contribution < 1.29 is 9.59 Å². The lowest BCUT2D eigenvalue weighted by Gasteiger charge is -2.11. The van der Waals surface area contributed by atoms with Gasteiger partial charge in [0.05, 0.1) is 6.33 Å². The third-order valence-electron chi connectivity index (χ3n) is 5.31. The minimum atomic E-state index is -0.0820. The Labute approximate surface area is 176 Å². The van der Waals surface area contributed by atoms with E-state index in [1.807, 2.05) is 60.2 Å². The zero-order valence-electron chi connectivity index (χ0n) is 17.1. The fourth-order valence-electron chi connectivity index (χ4n) is 3.36. The van der Waals surface area contributed by atoms with Gasteiger partial charge in [0.1, 0.15) is 0 Å². The van der Waals surface area contributed by atoms with Gasteiger partial charge < -0.3 is 15.2 Å². The van der Waals surface area contributed by atoms with Gasteiger partial charge >= 0.3 is 0 Å². The summed E-state index contributed by atoms with van der Waals surface area (Å²) < 4.78 is 1.99. The fraction of sp³-hybridized carbons (Fsp3) is 0.292. The third-order valence-corrected chi connectivity index (χ3v) is 5.31. The maximum atomic E-state index is 12.4. The van der Waals surface area contributed by atoms with Crippen molar-refractivity contribution >= 4 is 11.8 Å². The summed E-state index contributed by atoms with van der Waals surface area (Å²) in [7, 11) is 0. The van der Waals surface area contributed by atoms with E-state index in [0.29, 0.717) is 23.7 Å². The predicted octanol–water partition coefficient (Wildman–Crippen LogP) is 3.57. The van der Waals surface area contributed by atoms with Gasteiger partial charge in [-0.25, -0.2) is 4.98 Å². The summed E-state index contributed by atoms with van der Waals surface area (Å²) in [4.78, 5) is 28.8. The van der Waals surface area contributed by atoms with Gasteiger partial charge in [0.15, 0.2) is 0 Å². The summed E-state index contributed by atoms with van der Waals surface area (Å²) in [5, 5.41) is 5.98. The first-order valence-corrected chi connectivity index (χ1v) is 10.4. The molecule has 3 aromatic rings. The normalized spacial score (nSPS) is 13.1. The minimum Gasteiger partial charge on any atom is -0.352 e. The number of aryl methyl sites for hydroxylation is 2. The molecule has 1 aromatic heterocycles. The van der Waals surface area contributed by atoms with Crippen molar-refractivity contribution in [2.45, 2.75) is 38.8 Å². The number of hydrogen-bond acceptors (Lipinski definition) is 3. The number of carbonyl (C=O) groups excluding carboxylic acids is 2. The molecule has 0 aliphatic heterocycles. The van der Waals surface area contributed by atoms with Crippen molar-refractivity contribution in [1.82, 2.24) is 20.2 Å². The fourth-order valence-corrected chi connectivity index (χ4v) is 3.36. The predicted molar refractivity (Wildman–Crippen MR) is 116 cm³/mol. The van der Waals surface area contributed by atoms with Gasteiger partial charge in [0.2, 0.25) is 0 Å². The third kappa shape index (κ3) is 4.95. The van der Waals surface area contributed by atoms with E-state index in [4.69, 9.17) is 0 Å². The molecule has 6 heteroatoms. The second kappa shape index (κ2) is 8.95. The Morgan fingerprint density at radius 1 is 1.07 bits per heavy atom. The smallest absolute Gasteiger partial charge is 0.251 e. The first kappa shape index (κ1) is 19.9. The molecule has 0 atom stereocenters. The van der Waals surface area contributed by atoms with E-state index in [2.05, 4.69) is 15.6 Å². The molecule has 1 fully saturated rings. The van der Waals surface area contributed by atoms with Crippen LogP contribution in [0.1, 0.15) is 45.5 Å². The molecule has 1 aliphatic rings. The van der Waals surface area contributed by atoms with Gasteiger partial charge in [0.25, 0.3) is 11.8 Å². The lowest BCUT2D eigenvalue weighted by Crippen LogP contribution is -2.25. The number of carbonyl (C=O) groups is 2. The van der Waals surface area contributed by atoms with Crippen LogP contribution in [-0.2, 0) is 6.54 Å². The van der Waals surface area contributed by atoms with Crippen molar-refractivity contribution in [2.75, 3.05) is 6.54 Å². The van der Waals surface area contributed by atoms with Crippen molar-refractivity contribution in [1.29, 1.82) is 0 Å². The van der Waals surface area contributed by atoms with E-state index in [0.717, 1.165) is 42.5 Å². The molecule has 0 radical (unpaired) electrons. The number of nitrogens with zero attached hydrogens (tertiary/aromatic N) is 2. The molecular weight excluding hydrogens is 376 g/mol. The Hall–Kier alpha value is -3.41. The molecule has 1 heterocycles. The van der Waals surface area contributed by atoms with Crippen LogP contribution in [0, 0.1) is 6.92 Å². The number of benzene rings is 2. The maximum absolute atomic E-state index is 12.4. The second-order valence-corrected chi connectivity index (χ2v) is 7.76. The Morgan fingerprint density at radius 3 is 2.53 bits per heavy atom. The number of nitrogens with one attached hydrogen (secondary N) is 2. The minimum absolute atomic E-state index is 0.0227. The Morgan fingerprint density at radius 2 is 1.83 bits per heavy atom. The first-order valence-electron chi connectivity index (χ1n) is 10.4. The van der Waals surface area contributed by atoms with Gasteiger partial charge in [-0.2, -0.15) is 0 Å². The molecular formula is C24H26N4O2. The average molecular weight is 402 g/mol. The van der Waals surface area contributed by atoms with Crippen LogP contribution in [0.3, 0.4) is 0 Å². The molecule has 0 spiro atoms. The monoisotopic (exact) mass is 402 g/mol. The van der Waals surface area contributed by atoms with Gasteiger partial charge in [-0.05, 0) is 67.1 Å². The lowest BCUT2D eigenvalue weighted by molar-refractivity contribution is 0.0943. The van der Waals surface area contributed by atoms with E-state index in [1.54, 1.807) is 12.5 Å². The molecule has 0 unspecified atom stereocenters. The van der Waals surface area contributed by atoms with E-state index in [9.17, 15) is 9.59 Å². The van der Waals surface area contributed by atoms with Crippen molar-refractivity contribution in [3.8, 4) is 11.1 Å². The zero-order chi connectivity index (χ0) is 20.9. The van der Waals surface area contributed by atoms with Gasteiger partial charge in [-0.3, -0.25) is 9.59 Å². The molecule has 154 valence electrons. The second-order valence-electron chi connectivity index (χ2n) is 7.76. The molecule has 0 saturated heterocycles. The van der Waals surface area contributed by atoms with Gasteiger partial charge in [-0.15, -0.1) is 0 Å². The number of hydrogen-bond donors (Lipinski definition) is 2. The molecule has 30 heavy (non-hydrogen) atoms. The summed E-state index contributed by atoms with van der Waals surface area (Å²) >= 11 is 0. The SMILES string of the molecule is Cc1ccc(C(=O)NC2CC2)cc1-c1ccc(C(=O)NCCCn2ccnc2)cc1. The number of rotatable bonds is 8. The molecule has 2 amide bonds. The van der Waals surface area contributed by atoms with Crippen LogP contribution in [0.2, 0.25) is 0 Å². The standard InChI is InChI=1S/C24H26N4O2/c1-17-3-4-20(24(30)27-21-9-10-21)15-22(17)18-5-7-19(8-6-18)23(29)26-11-2-13-28-14-12-25-16-28/h3-8,12,14-16,21H,2,9-11,13H2,1H3,(H,26,29)(H,27,30). The summed E-state index contributed by atoms with van der Waals surface area (Å²) in [5.41, 5.74) is 4.38. The van der Waals surface area contributed by atoms with Crippen molar-refractivity contribution in [3.63, 3.8) is 0 Å². The molecule has 1 aliphatic carbocycles. The largest absolute Gasteiger partial charge is 0.352 e. The van der Waals surface area contributed by atoms with Crippen LogP contribution >= 0.6 is 0 Å². The molecule has 1 saturated carbocycles. The van der Waals surface area contributed by atoms with E-state index in [1.165, 1.54) is 0 Å². The van der Waals surface area contributed by atoms with Crippen LogP contribution in [0.5, 0.6) is 0 Å². The molecule has 6 nitrogen and oxygen atoms in total. The average Bonchev–Trinajstić information content (AvgIpc) is 3.42. The highest BCUT2D eigenvalue weighted by Crippen LogP contribution is 2.26. The first-order chi connectivity index (χ1) is 14.6. The van der Waals surface area contributed by atoms with Crippen LogP contribution in [-0.4, -0.2) is 34.0 Å². The Bertz CT molecular complexity index is 1020.